The van der Waals surface area contributed by atoms with E-state index in [0.29, 0.717) is 49.1 Å². The molecule has 7 nitrogen and oxygen atoms in total. The SMILES string of the molecule is Cc1oc(C(C)C)cc1C(=O)N=S1(=O)CCCN(C(=O)[C@]23C[C@H]2COC32CCC2)CC1. The number of rotatable bonds is 3. The summed E-state index contributed by atoms with van der Waals surface area (Å²) in [7, 11) is -2.71. The number of fused-ring (bicyclic) bond motifs is 2. The molecule has 0 N–H and O–H groups in total. The summed E-state index contributed by atoms with van der Waals surface area (Å²) in [4.78, 5) is 28.2. The molecule has 0 radical (unpaired) electrons. The zero-order valence-electron chi connectivity index (χ0n) is 18.6. The van der Waals surface area contributed by atoms with Gasteiger partial charge in [-0.05, 0) is 45.1 Å². The van der Waals surface area contributed by atoms with Gasteiger partial charge in [0.2, 0.25) is 5.91 Å². The van der Waals surface area contributed by atoms with Crippen molar-refractivity contribution in [2.24, 2.45) is 15.7 Å². The lowest BCUT2D eigenvalue weighted by atomic mass is 9.68. The third kappa shape index (κ3) is 3.20. The van der Waals surface area contributed by atoms with Crippen molar-refractivity contribution in [1.82, 2.24) is 4.90 Å². The van der Waals surface area contributed by atoms with Crippen molar-refractivity contribution in [3.63, 3.8) is 0 Å². The van der Waals surface area contributed by atoms with Gasteiger partial charge >= 0.3 is 0 Å². The van der Waals surface area contributed by atoms with Gasteiger partial charge in [-0.2, -0.15) is 4.36 Å². The molecule has 4 aliphatic rings. The standard InChI is InChI=1S/C23H32N2O5S/c1-15(2)19-12-18(16(3)30-19)20(26)24-31(28)10-5-8-25(9-11-31)21(27)23-13-17(23)14-29-22(23)6-4-7-22/h12,15,17H,4-11,13-14H2,1-3H3/t17-,23-,31?/m0/s1. The Labute approximate surface area is 184 Å². The lowest BCUT2D eigenvalue weighted by Gasteiger charge is -2.45. The molecular weight excluding hydrogens is 416 g/mol. The lowest BCUT2D eigenvalue weighted by Crippen LogP contribution is -2.54. The van der Waals surface area contributed by atoms with Crippen LogP contribution in [0.3, 0.4) is 0 Å². The highest BCUT2D eigenvalue weighted by atomic mass is 32.2. The minimum Gasteiger partial charge on any atom is -0.465 e. The first-order valence-corrected chi connectivity index (χ1v) is 13.4. The maximum absolute atomic E-state index is 13.5. The molecule has 5 rings (SSSR count). The second-order valence-corrected chi connectivity index (χ2v) is 12.6. The van der Waals surface area contributed by atoms with Gasteiger partial charge in [-0.15, -0.1) is 0 Å². The van der Waals surface area contributed by atoms with Crippen molar-refractivity contribution in [2.75, 3.05) is 31.2 Å². The molecule has 2 saturated heterocycles. The Kier molecular flexibility index (Phi) is 4.90. The monoisotopic (exact) mass is 448 g/mol. The van der Waals surface area contributed by atoms with Gasteiger partial charge in [0.15, 0.2) is 0 Å². The summed E-state index contributed by atoms with van der Waals surface area (Å²) in [6.07, 6.45) is 4.61. The first kappa shape index (κ1) is 21.2. The Hall–Kier alpha value is -1.67. The Bertz CT molecular complexity index is 1050. The minimum atomic E-state index is -2.71. The predicted octanol–water partition coefficient (Wildman–Crippen LogP) is 3.51. The maximum Gasteiger partial charge on any atom is 0.288 e. The van der Waals surface area contributed by atoms with E-state index in [0.717, 1.165) is 31.4 Å². The highest BCUT2D eigenvalue weighted by Crippen LogP contribution is 2.71. The summed E-state index contributed by atoms with van der Waals surface area (Å²) in [6.45, 7) is 7.39. The van der Waals surface area contributed by atoms with E-state index in [2.05, 4.69) is 4.36 Å². The third-order valence-corrected chi connectivity index (χ3v) is 10.1. The number of carbonyl (C=O) groups is 2. The number of aryl methyl sites for hydroxylation is 1. The summed E-state index contributed by atoms with van der Waals surface area (Å²) in [5.41, 5.74) is -0.196. The predicted molar refractivity (Wildman–Crippen MR) is 116 cm³/mol. The van der Waals surface area contributed by atoms with Crippen LogP contribution in [0, 0.1) is 18.3 Å². The van der Waals surface area contributed by atoms with Crippen LogP contribution in [0.1, 0.15) is 73.7 Å². The van der Waals surface area contributed by atoms with E-state index >= 15 is 0 Å². The average molecular weight is 449 g/mol. The van der Waals surface area contributed by atoms with E-state index in [1.807, 2.05) is 18.7 Å². The van der Waals surface area contributed by atoms with Crippen molar-refractivity contribution < 1.29 is 23.0 Å². The number of amides is 2. The van der Waals surface area contributed by atoms with E-state index in [1.165, 1.54) is 0 Å². The summed E-state index contributed by atoms with van der Waals surface area (Å²) in [6, 6.07) is 1.71. The molecule has 1 aromatic heterocycles. The molecule has 31 heavy (non-hydrogen) atoms. The zero-order chi connectivity index (χ0) is 22.0. The number of nitrogens with zero attached hydrogens (tertiary/aromatic N) is 2. The van der Waals surface area contributed by atoms with Crippen LogP contribution in [-0.2, 0) is 19.3 Å². The largest absolute Gasteiger partial charge is 0.465 e. The fraction of sp³-hybridized carbons (Fsp3) is 0.739. The van der Waals surface area contributed by atoms with Crippen molar-refractivity contribution in [3.8, 4) is 0 Å². The molecule has 4 fully saturated rings. The van der Waals surface area contributed by atoms with Gasteiger partial charge in [-0.25, -0.2) is 4.21 Å². The van der Waals surface area contributed by atoms with Gasteiger partial charge in [0, 0.05) is 36.4 Å². The van der Waals surface area contributed by atoms with Crippen molar-refractivity contribution >= 4 is 21.5 Å². The first-order chi connectivity index (χ1) is 14.7. The fourth-order valence-electron chi connectivity index (χ4n) is 5.75. The van der Waals surface area contributed by atoms with E-state index in [4.69, 9.17) is 9.15 Å². The van der Waals surface area contributed by atoms with E-state index in [-0.39, 0.29) is 28.6 Å². The van der Waals surface area contributed by atoms with Crippen LogP contribution in [0.25, 0.3) is 0 Å². The Morgan fingerprint density at radius 1 is 1.23 bits per heavy atom. The van der Waals surface area contributed by atoms with Crippen LogP contribution in [-0.4, -0.2) is 57.7 Å². The van der Waals surface area contributed by atoms with Crippen molar-refractivity contribution in [3.05, 3.63) is 23.2 Å². The lowest BCUT2D eigenvalue weighted by molar-refractivity contribution is -0.158. The van der Waals surface area contributed by atoms with Crippen LogP contribution < -0.4 is 0 Å². The van der Waals surface area contributed by atoms with Gasteiger partial charge in [-0.3, -0.25) is 9.59 Å². The fourth-order valence-corrected chi connectivity index (χ4v) is 7.62. The molecule has 1 unspecified atom stereocenters. The van der Waals surface area contributed by atoms with Crippen molar-refractivity contribution in [1.29, 1.82) is 0 Å². The number of carbonyl (C=O) groups excluding carboxylic acids is 2. The molecule has 2 amide bonds. The van der Waals surface area contributed by atoms with E-state index < -0.39 is 15.6 Å². The van der Waals surface area contributed by atoms with E-state index in [9.17, 15) is 13.8 Å². The number of hydrogen-bond donors (Lipinski definition) is 0. The molecule has 0 bridgehead atoms. The Balaban J connectivity index is 1.32. The Morgan fingerprint density at radius 2 is 2.00 bits per heavy atom. The van der Waals surface area contributed by atoms with Crippen LogP contribution in [0.5, 0.6) is 0 Å². The smallest absolute Gasteiger partial charge is 0.288 e. The summed E-state index contributed by atoms with van der Waals surface area (Å²) in [5.74, 6) is 2.03. The van der Waals surface area contributed by atoms with Crippen LogP contribution in [0.4, 0.5) is 0 Å². The van der Waals surface area contributed by atoms with Gasteiger partial charge < -0.3 is 14.1 Å². The van der Waals surface area contributed by atoms with Crippen LogP contribution in [0.15, 0.2) is 14.8 Å². The first-order valence-electron chi connectivity index (χ1n) is 11.5. The molecule has 2 aliphatic carbocycles. The summed E-state index contributed by atoms with van der Waals surface area (Å²) >= 11 is 0. The summed E-state index contributed by atoms with van der Waals surface area (Å²) < 4.78 is 29.4. The molecule has 170 valence electrons. The molecule has 8 heteroatoms. The normalized spacial score (nSPS) is 33.7. The zero-order valence-corrected chi connectivity index (χ0v) is 19.5. The second kappa shape index (κ2) is 7.17. The summed E-state index contributed by atoms with van der Waals surface area (Å²) in [5, 5.41) is 0. The molecule has 2 aliphatic heterocycles. The van der Waals surface area contributed by atoms with Gasteiger partial charge in [0.1, 0.15) is 11.5 Å². The number of furan rings is 1. The average Bonchev–Trinajstić information content (AvgIpc) is 3.20. The maximum atomic E-state index is 13.5. The highest BCUT2D eigenvalue weighted by Gasteiger charge is 2.77. The quantitative estimate of drug-likeness (QED) is 0.706. The van der Waals surface area contributed by atoms with Gasteiger partial charge in [0.25, 0.3) is 5.91 Å². The number of hydrogen-bond acceptors (Lipinski definition) is 5. The van der Waals surface area contributed by atoms with Crippen LogP contribution >= 0.6 is 0 Å². The molecule has 0 aromatic carbocycles. The molecular formula is C23H32N2O5S. The minimum absolute atomic E-state index is 0.162. The third-order valence-electron chi connectivity index (χ3n) is 7.87. The second-order valence-electron chi connectivity index (χ2n) is 10.0. The molecule has 1 aromatic rings. The van der Waals surface area contributed by atoms with Gasteiger partial charge in [0.05, 0.1) is 32.9 Å². The molecule has 1 spiro atoms. The molecule has 3 heterocycles. The van der Waals surface area contributed by atoms with E-state index in [1.54, 1.807) is 13.0 Å². The molecule has 2 saturated carbocycles. The van der Waals surface area contributed by atoms with Crippen molar-refractivity contribution in [2.45, 2.75) is 64.4 Å². The van der Waals surface area contributed by atoms with Gasteiger partial charge in [-0.1, -0.05) is 13.8 Å². The van der Waals surface area contributed by atoms with Crippen LogP contribution in [0.2, 0.25) is 0 Å². The molecule has 3 atom stereocenters. The highest BCUT2D eigenvalue weighted by molar-refractivity contribution is 7.93. The Morgan fingerprint density at radius 3 is 2.61 bits per heavy atom. The number of ether oxygens (including phenoxy) is 1. The topological polar surface area (TPSA) is 89.2 Å².